The molecule has 1 aromatic carbocycles. The van der Waals surface area contributed by atoms with Crippen LogP contribution in [0.4, 0.5) is 4.39 Å². The van der Waals surface area contributed by atoms with Crippen LogP contribution >= 0.6 is 11.6 Å². The fourth-order valence-corrected chi connectivity index (χ4v) is 2.67. The predicted molar refractivity (Wildman–Crippen MR) is 81.7 cm³/mol. The molecular formula is C15H20ClFN4. The van der Waals surface area contributed by atoms with Gasteiger partial charge in [-0.1, -0.05) is 24.6 Å². The molecule has 0 fully saturated rings. The van der Waals surface area contributed by atoms with E-state index in [1.807, 2.05) is 13.8 Å². The number of nitrogens with one attached hydrogen (secondary N) is 1. The molecule has 0 aliphatic carbocycles. The summed E-state index contributed by atoms with van der Waals surface area (Å²) in [5.41, 5.74) is 0.484. The van der Waals surface area contributed by atoms with Crippen LogP contribution < -0.4 is 5.32 Å². The van der Waals surface area contributed by atoms with Gasteiger partial charge < -0.3 is 9.88 Å². The van der Waals surface area contributed by atoms with Gasteiger partial charge in [-0.25, -0.2) is 4.39 Å². The maximum Gasteiger partial charge on any atom is 0.147 e. The van der Waals surface area contributed by atoms with Gasteiger partial charge in [0.25, 0.3) is 0 Å². The van der Waals surface area contributed by atoms with Gasteiger partial charge in [-0.3, -0.25) is 0 Å². The summed E-state index contributed by atoms with van der Waals surface area (Å²) in [7, 11) is 0. The molecule has 21 heavy (non-hydrogen) atoms. The summed E-state index contributed by atoms with van der Waals surface area (Å²) >= 11 is 6.08. The molecule has 0 aliphatic rings. The molecule has 114 valence electrons. The summed E-state index contributed by atoms with van der Waals surface area (Å²) in [6.07, 6.45) is 1.01. The maximum atomic E-state index is 13.9. The number of rotatable bonds is 6. The quantitative estimate of drug-likeness (QED) is 0.886. The van der Waals surface area contributed by atoms with E-state index < -0.39 is 0 Å². The van der Waals surface area contributed by atoms with Crippen molar-refractivity contribution in [3.63, 3.8) is 0 Å². The zero-order valence-electron chi connectivity index (χ0n) is 12.5. The molecular weight excluding hydrogens is 291 g/mol. The third kappa shape index (κ3) is 3.60. The van der Waals surface area contributed by atoms with E-state index in [4.69, 9.17) is 11.6 Å². The van der Waals surface area contributed by atoms with E-state index in [1.54, 1.807) is 12.1 Å². The highest BCUT2D eigenvalue weighted by Gasteiger charge is 2.16. The van der Waals surface area contributed by atoms with Gasteiger partial charge in [0, 0.05) is 23.2 Å². The molecule has 2 aromatic rings. The minimum atomic E-state index is -0.297. The molecule has 1 atom stereocenters. The van der Waals surface area contributed by atoms with Crippen molar-refractivity contribution in [2.45, 2.75) is 46.3 Å². The summed E-state index contributed by atoms with van der Waals surface area (Å²) in [5, 5.41) is 12.0. The van der Waals surface area contributed by atoms with E-state index in [0.29, 0.717) is 17.1 Å². The molecule has 0 bridgehead atoms. The molecule has 0 amide bonds. The van der Waals surface area contributed by atoms with Crippen LogP contribution in [0.25, 0.3) is 0 Å². The van der Waals surface area contributed by atoms with Gasteiger partial charge in [-0.2, -0.15) is 0 Å². The van der Waals surface area contributed by atoms with Crippen LogP contribution in [0.5, 0.6) is 0 Å². The Morgan fingerprint density at radius 2 is 2.14 bits per heavy atom. The molecule has 0 spiro atoms. The van der Waals surface area contributed by atoms with Gasteiger partial charge in [0.2, 0.25) is 0 Å². The lowest BCUT2D eigenvalue weighted by Crippen LogP contribution is -2.22. The monoisotopic (exact) mass is 310 g/mol. The van der Waals surface area contributed by atoms with Gasteiger partial charge in [-0.05, 0) is 32.4 Å². The van der Waals surface area contributed by atoms with Crippen LogP contribution in [0.2, 0.25) is 5.02 Å². The van der Waals surface area contributed by atoms with E-state index in [9.17, 15) is 4.39 Å². The Hall–Kier alpha value is -1.46. The maximum absolute atomic E-state index is 13.9. The Kier molecular flexibility index (Phi) is 5.31. The molecule has 0 radical (unpaired) electrons. The minimum absolute atomic E-state index is 0.203. The lowest BCUT2D eigenvalue weighted by molar-refractivity contribution is 0.504. The molecule has 1 unspecified atom stereocenters. The van der Waals surface area contributed by atoms with Crippen molar-refractivity contribution in [1.82, 2.24) is 20.1 Å². The molecule has 0 aliphatic heterocycles. The second kappa shape index (κ2) is 7.00. The van der Waals surface area contributed by atoms with Gasteiger partial charge >= 0.3 is 0 Å². The van der Waals surface area contributed by atoms with E-state index >= 15 is 0 Å². The van der Waals surface area contributed by atoms with Crippen molar-refractivity contribution >= 4 is 11.6 Å². The zero-order valence-corrected chi connectivity index (χ0v) is 13.3. The third-order valence-corrected chi connectivity index (χ3v) is 3.79. The number of hydrogen-bond acceptors (Lipinski definition) is 3. The Labute approximate surface area is 129 Å². The molecule has 1 N–H and O–H groups in total. The van der Waals surface area contributed by atoms with Crippen molar-refractivity contribution in [2.75, 3.05) is 0 Å². The van der Waals surface area contributed by atoms with E-state index in [0.717, 1.165) is 24.6 Å². The second-order valence-electron chi connectivity index (χ2n) is 5.05. The number of nitrogens with zero attached hydrogens (tertiary/aromatic N) is 3. The van der Waals surface area contributed by atoms with Crippen LogP contribution in [0.3, 0.4) is 0 Å². The molecule has 1 heterocycles. The van der Waals surface area contributed by atoms with Gasteiger partial charge in [0.1, 0.15) is 17.5 Å². The molecule has 4 nitrogen and oxygen atoms in total. The first-order chi connectivity index (χ1) is 10.0. The van der Waals surface area contributed by atoms with Crippen LogP contribution in [-0.2, 0) is 13.1 Å². The standard InChI is InChI=1S/C15H20ClFN4/c1-4-8-21-11(3)19-20-14(21)9-18-10(2)15-12(16)6-5-7-13(15)17/h5-7,10,18H,4,8-9H2,1-3H3. The summed E-state index contributed by atoms with van der Waals surface area (Å²) in [6, 6.07) is 4.52. The van der Waals surface area contributed by atoms with Crippen LogP contribution in [0, 0.1) is 12.7 Å². The number of aryl methyl sites for hydroxylation is 1. The zero-order chi connectivity index (χ0) is 15.4. The highest BCUT2D eigenvalue weighted by atomic mass is 35.5. The summed E-state index contributed by atoms with van der Waals surface area (Å²) in [6.45, 7) is 7.33. The summed E-state index contributed by atoms with van der Waals surface area (Å²) in [5.74, 6) is 1.45. The smallest absolute Gasteiger partial charge is 0.147 e. The lowest BCUT2D eigenvalue weighted by Gasteiger charge is -2.16. The Balaban J connectivity index is 2.09. The normalized spacial score (nSPS) is 12.6. The van der Waals surface area contributed by atoms with Crippen LogP contribution in [0.15, 0.2) is 18.2 Å². The van der Waals surface area contributed by atoms with E-state index in [-0.39, 0.29) is 11.9 Å². The summed E-state index contributed by atoms with van der Waals surface area (Å²) in [4.78, 5) is 0. The van der Waals surface area contributed by atoms with Crippen molar-refractivity contribution in [3.8, 4) is 0 Å². The minimum Gasteiger partial charge on any atom is -0.314 e. The topological polar surface area (TPSA) is 42.7 Å². The first kappa shape index (κ1) is 15.9. The number of hydrogen-bond donors (Lipinski definition) is 1. The second-order valence-corrected chi connectivity index (χ2v) is 5.46. The number of aromatic nitrogens is 3. The highest BCUT2D eigenvalue weighted by Crippen LogP contribution is 2.25. The predicted octanol–water partition coefficient (Wildman–Crippen LogP) is 3.64. The van der Waals surface area contributed by atoms with Crippen LogP contribution in [0.1, 0.15) is 43.5 Å². The van der Waals surface area contributed by atoms with Gasteiger partial charge in [-0.15, -0.1) is 10.2 Å². The highest BCUT2D eigenvalue weighted by molar-refractivity contribution is 6.31. The van der Waals surface area contributed by atoms with Crippen molar-refractivity contribution in [1.29, 1.82) is 0 Å². The van der Waals surface area contributed by atoms with Gasteiger partial charge in [0.15, 0.2) is 0 Å². The fourth-order valence-electron chi connectivity index (χ4n) is 2.34. The average Bonchev–Trinajstić information content (AvgIpc) is 2.78. The van der Waals surface area contributed by atoms with Gasteiger partial charge in [0.05, 0.1) is 6.54 Å². The summed E-state index contributed by atoms with van der Waals surface area (Å²) < 4.78 is 15.9. The SMILES string of the molecule is CCCn1c(C)nnc1CNC(C)c1c(F)cccc1Cl. The molecule has 2 rings (SSSR count). The van der Waals surface area contributed by atoms with E-state index in [1.165, 1.54) is 6.07 Å². The first-order valence-electron chi connectivity index (χ1n) is 7.10. The Morgan fingerprint density at radius 3 is 2.81 bits per heavy atom. The Bertz CT molecular complexity index is 591. The fraction of sp³-hybridized carbons (Fsp3) is 0.467. The third-order valence-electron chi connectivity index (χ3n) is 3.46. The molecule has 0 saturated heterocycles. The molecule has 6 heteroatoms. The molecule has 1 aromatic heterocycles. The van der Waals surface area contributed by atoms with Crippen LogP contribution in [-0.4, -0.2) is 14.8 Å². The average molecular weight is 311 g/mol. The first-order valence-corrected chi connectivity index (χ1v) is 7.48. The van der Waals surface area contributed by atoms with Crippen molar-refractivity contribution in [2.24, 2.45) is 0 Å². The number of halogens is 2. The Morgan fingerprint density at radius 1 is 1.38 bits per heavy atom. The lowest BCUT2D eigenvalue weighted by atomic mass is 10.1. The number of benzene rings is 1. The molecule has 0 saturated carbocycles. The van der Waals surface area contributed by atoms with E-state index in [2.05, 4.69) is 27.0 Å². The van der Waals surface area contributed by atoms with Crippen molar-refractivity contribution < 1.29 is 4.39 Å². The largest absolute Gasteiger partial charge is 0.314 e. The van der Waals surface area contributed by atoms with Crippen molar-refractivity contribution in [3.05, 3.63) is 46.3 Å².